The zero-order valence-electron chi connectivity index (χ0n) is 14.5. The van der Waals surface area contributed by atoms with E-state index < -0.39 is 0 Å². The molecule has 0 amide bonds. The minimum Gasteiger partial charge on any atom is -0.339 e. The van der Waals surface area contributed by atoms with Gasteiger partial charge in [0.25, 0.3) is 0 Å². The maximum absolute atomic E-state index is 13.0. The van der Waals surface area contributed by atoms with Crippen LogP contribution in [0.2, 0.25) is 0 Å². The number of fused-ring (bicyclic) bond motifs is 1. The topological polar surface area (TPSA) is 69.6 Å². The molecule has 1 aromatic carbocycles. The minimum absolute atomic E-state index is 0.0294. The van der Waals surface area contributed by atoms with E-state index in [1.165, 1.54) is 12.1 Å². The fourth-order valence-corrected chi connectivity index (χ4v) is 3.21. The quantitative estimate of drug-likeness (QED) is 0.713. The van der Waals surface area contributed by atoms with Crippen LogP contribution in [0.4, 0.5) is 4.39 Å². The first-order chi connectivity index (χ1) is 11.9. The van der Waals surface area contributed by atoms with Crippen LogP contribution in [0.1, 0.15) is 50.6 Å². The Morgan fingerprint density at radius 2 is 1.92 bits per heavy atom. The molecule has 2 aromatic heterocycles. The number of nitrogens with zero attached hydrogens (tertiary/aromatic N) is 5. The molecule has 1 aliphatic heterocycles. The molecule has 0 saturated heterocycles. The molecular formula is C18H20FN5O. The first-order valence-corrected chi connectivity index (χ1v) is 8.44. The van der Waals surface area contributed by atoms with Gasteiger partial charge < -0.3 is 9.09 Å². The van der Waals surface area contributed by atoms with Crippen LogP contribution in [0, 0.1) is 5.82 Å². The van der Waals surface area contributed by atoms with Crippen LogP contribution in [0.15, 0.2) is 28.8 Å². The molecule has 0 spiro atoms. The summed E-state index contributed by atoms with van der Waals surface area (Å²) in [5, 5.41) is 12.8. The molecule has 1 atom stereocenters. The van der Waals surface area contributed by atoms with E-state index in [-0.39, 0.29) is 17.2 Å². The summed E-state index contributed by atoms with van der Waals surface area (Å²) in [5.41, 5.74) is 0.712. The first-order valence-electron chi connectivity index (χ1n) is 8.44. The van der Waals surface area contributed by atoms with Crippen LogP contribution in [-0.2, 0) is 18.4 Å². The third-order valence-corrected chi connectivity index (χ3v) is 4.52. The first kappa shape index (κ1) is 15.9. The van der Waals surface area contributed by atoms with Gasteiger partial charge in [-0.3, -0.25) is 0 Å². The Morgan fingerprint density at radius 3 is 2.64 bits per heavy atom. The van der Waals surface area contributed by atoms with Crippen LogP contribution >= 0.6 is 0 Å². The molecule has 0 fully saturated rings. The SMILES string of the molecule is CC(C)(C)c1nnc2n1CC[C@H](c1nc(-c3ccc(F)cc3)no1)C2. The molecule has 0 saturated carbocycles. The fraction of sp³-hybridized carbons (Fsp3) is 0.444. The van der Waals surface area contributed by atoms with Crippen LogP contribution in [0.25, 0.3) is 11.4 Å². The minimum atomic E-state index is -0.284. The van der Waals surface area contributed by atoms with Gasteiger partial charge in [0.15, 0.2) is 0 Å². The summed E-state index contributed by atoms with van der Waals surface area (Å²) in [6.07, 6.45) is 1.63. The molecule has 0 bridgehead atoms. The number of aromatic nitrogens is 5. The normalized spacial score (nSPS) is 17.5. The van der Waals surface area contributed by atoms with Gasteiger partial charge in [-0.1, -0.05) is 25.9 Å². The zero-order valence-corrected chi connectivity index (χ0v) is 14.5. The van der Waals surface area contributed by atoms with Crippen LogP contribution in [0.5, 0.6) is 0 Å². The van der Waals surface area contributed by atoms with E-state index >= 15 is 0 Å². The molecule has 4 rings (SSSR count). The summed E-state index contributed by atoms with van der Waals surface area (Å²) in [6.45, 7) is 7.27. The molecule has 6 nitrogen and oxygen atoms in total. The van der Waals surface area contributed by atoms with Gasteiger partial charge in [0.1, 0.15) is 17.5 Å². The Kier molecular flexibility index (Phi) is 3.67. The monoisotopic (exact) mass is 341 g/mol. The van der Waals surface area contributed by atoms with Crippen molar-refractivity contribution in [3.8, 4) is 11.4 Å². The maximum atomic E-state index is 13.0. The highest BCUT2D eigenvalue weighted by Gasteiger charge is 2.31. The predicted octanol–water partition coefficient (Wildman–Crippen LogP) is 3.49. The van der Waals surface area contributed by atoms with Crippen molar-refractivity contribution in [2.45, 2.75) is 51.5 Å². The van der Waals surface area contributed by atoms with E-state index in [0.29, 0.717) is 11.7 Å². The van der Waals surface area contributed by atoms with Crippen molar-refractivity contribution in [2.75, 3.05) is 0 Å². The largest absolute Gasteiger partial charge is 0.339 e. The zero-order chi connectivity index (χ0) is 17.6. The number of rotatable bonds is 2. The molecule has 3 aromatic rings. The van der Waals surface area contributed by atoms with Gasteiger partial charge in [0.05, 0.1) is 0 Å². The predicted molar refractivity (Wildman–Crippen MR) is 89.5 cm³/mol. The van der Waals surface area contributed by atoms with Crippen molar-refractivity contribution in [3.05, 3.63) is 47.6 Å². The average molecular weight is 341 g/mol. The van der Waals surface area contributed by atoms with Crippen LogP contribution in [0.3, 0.4) is 0 Å². The van der Waals surface area contributed by atoms with Crippen molar-refractivity contribution in [1.29, 1.82) is 0 Å². The van der Waals surface area contributed by atoms with Crippen molar-refractivity contribution in [3.63, 3.8) is 0 Å². The summed E-state index contributed by atoms with van der Waals surface area (Å²) in [4.78, 5) is 4.50. The highest BCUT2D eigenvalue weighted by Crippen LogP contribution is 2.32. The second-order valence-electron chi connectivity index (χ2n) is 7.49. The standard InChI is InChI=1S/C18H20FN5O/c1-18(2,3)17-22-21-14-10-12(8-9-24(14)17)16-20-15(23-25-16)11-4-6-13(19)7-5-11/h4-7,12H,8-10H2,1-3H3/t12-/m0/s1. The fourth-order valence-electron chi connectivity index (χ4n) is 3.21. The van der Waals surface area contributed by atoms with Crippen LogP contribution in [-0.4, -0.2) is 24.9 Å². The van der Waals surface area contributed by atoms with E-state index in [2.05, 4.69) is 45.7 Å². The summed E-state index contributed by atoms with van der Waals surface area (Å²) < 4.78 is 20.7. The summed E-state index contributed by atoms with van der Waals surface area (Å²) >= 11 is 0. The lowest BCUT2D eigenvalue weighted by Gasteiger charge is -2.24. The smallest absolute Gasteiger partial charge is 0.230 e. The van der Waals surface area contributed by atoms with Crippen molar-refractivity contribution < 1.29 is 8.91 Å². The van der Waals surface area contributed by atoms with E-state index in [1.807, 2.05) is 0 Å². The second-order valence-corrected chi connectivity index (χ2v) is 7.49. The van der Waals surface area contributed by atoms with Crippen molar-refractivity contribution in [1.82, 2.24) is 24.9 Å². The number of benzene rings is 1. The van der Waals surface area contributed by atoms with Gasteiger partial charge in [0.2, 0.25) is 11.7 Å². The van der Waals surface area contributed by atoms with Crippen molar-refractivity contribution in [2.24, 2.45) is 0 Å². The van der Waals surface area contributed by atoms with Crippen LogP contribution < -0.4 is 0 Å². The molecule has 7 heteroatoms. The molecule has 130 valence electrons. The molecule has 25 heavy (non-hydrogen) atoms. The molecule has 0 N–H and O–H groups in total. The van der Waals surface area contributed by atoms with Gasteiger partial charge in [0, 0.05) is 29.9 Å². The Balaban J connectivity index is 1.57. The van der Waals surface area contributed by atoms with Gasteiger partial charge in [-0.15, -0.1) is 10.2 Å². The van der Waals surface area contributed by atoms with Gasteiger partial charge in [-0.2, -0.15) is 4.98 Å². The second kappa shape index (κ2) is 5.75. The third-order valence-electron chi connectivity index (χ3n) is 4.52. The van der Waals surface area contributed by atoms with Gasteiger partial charge in [-0.25, -0.2) is 4.39 Å². The molecule has 0 radical (unpaired) electrons. The number of halogens is 1. The van der Waals surface area contributed by atoms with Gasteiger partial charge in [-0.05, 0) is 30.7 Å². The summed E-state index contributed by atoms with van der Waals surface area (Å²) in [5.74, 6) is 2.91. The van der Waals surface area contributed by atoms with E-state index in [0.717, 1.165) is 36.6 Å². The van der Waals surface area contributed by atoms with E-state index in [9.17, 15) is 4.39 Å². The third kappa shape index (κ3) is 2.94. The Hall–Kier alpha value is -2.57. The lowest BCUT2D eigenvalue weighted by atomic mass is 9.93. The lowest BCUT2D eigenvalue weighted by Crippen LogP contribution is -2.25. The molecule has 0 aliphatic carbocycles. The summed E-state index contributed by atoms with van der Waals surface area (Å²) in [6, 6.07) is 6.08. The highest BCUT2D eigenvalue weighted by molar-refractivity contribution is 5.53. The maximum Gasteiger partial charge on any atom is 0.230 e. The highest BCUT2D eigenvalue weighted by atomic mass is 19.1. The number of hydrogen-bond donors (Lipinski definition) is 0. The summed E-state index contributed by atoms with van der Waals surface area (Å²) in [7, 11) is 0. The Bertz CT molecular complexity index is 891. The van der Waals surface area contributed by atoms with E-state index in [1.54, 1.807) is 12.1 Å². The Labute approximate surface area is 145 Å². The lowest BCUT2D eigenvalue weighted by molar-refractivity contribution is 0.319. The molecule has 3 heterocycles. The van der Waals surface area contributed by atoms with Gasteiger partial charge >= 0.3 is 0 Å². The van der Waals surface area contributed by atoms with Crippen molar-refractivity contribution >= 4 is 0 Å². The number of hydrogen-bond acceptors (Lipinski definition) is 5. The molecule has 1 aliphatic rings. The van der Waals surface area contributed by atoms with E-state index in [4.69, 9.17) is 4.52 Å². The Morgan fingerprint density at radius 1 is 1.16 bits per heavy atom. The average Bonchev–Trinajstić information content (AvgIpc) is 3.21. The molecule has 0 unspecified atom stereocenters. The molecular weight excluding hydrogens is 321 g/mol.